The van der Waals surface area contributed by atoms with E-state index in [0.717, 1.165) is 40.6 Å². The van der Waals surface area contributed by atoms with Crippen molar-refractivity contribution in [3.05, 3.63) is 79.4 Å². The SMILES string of the molecule is Brc1cc(I)cc(Br)c1Oc1ccc2nn(-c3ccccc3)cc2c1. The molecular formula is C19H11Br2IN2O. The van der Waals surface area contributed by atoms with Crippen molar-refractivity contribution in [2.24, 2.45) is 0 Å². The van der Waals surface area contributed by atoms with Gasteiger partial charge in [-0.05, 0) is 96.9 Å². The second-order valence-corrected chi connectivity index (χ2v) is 8.38. The van der Waals surface area contributed by atoms with Crippen LogP contribution in [-0.4, -0.2) is 9.78 Å². The Morgan fingerprint density at radius 2 is 1.64 bits per heavy atom. The van der Waals surface area contributed by atoms with Crippen LogP contribution in [0.15, 0.2) is 75.8 Å². The van der Waals surface area contributed by atoms with Crippen LogP contribution in [0.5, 0.6) is 11.5 Å². The van der Waals surface area contributed by atoms with E-state index >= 15 is 0 Å². The summed E-state index contributed by atoms with van der Waals surface area (Å²) in [6.07, 6.45) is 2.01. The zero-order valence-electron chi connectivity index (χ0n) is 12.8. The van der Waals surface area contributed by atoms with Gasteiger partial charge >= 0.3 is 0 Å². The zero-order valence-corrected chi connectivity index (χ0v) is 18.1. The number of benzene rings is 3. The standard InChI is InChI=1S/C19H11Br2IN2O/c20-16-9-13(22)10-17(21)19(16)25-15-6-7-18-12(8-15)11-24(23-18)14-4-2-1-3-5-14/h1-11H. The molecule has 1 heterocycles. The molecule has 0 amide bonds. The van der Waals surface area contributed by atoms with Crippen molar-refractivity contribution < 1.29 is 4.74 Å². The smallest absolute Gasteiger partial charge is 0.155 e. The lowest BCUT2D eigenvalue weighted by molar-refractivity contribution is 0.477. The lowest BCUT2D eigenvalue weighted by Gasteiger charge is -2.10. The average molecular weight is 570 g/mol. The van der Waals surface area contributed by atoms with E-state index in [-0.39, 0.29) is 0 Å². The summed E-state index contributed by atoms with van der Waals surface area (Å²) in [4.78, 5) is 0. The monoisotopic (exact) mass is 568 g/mol. The third-order valence-electron chi connectivity index (χ3n) is 3.68. The van der Waals surface area contributed by atoms with Crippen LogP contribution in [0, 0.1) is 3.57 Å². The molecule has 3 nitrogen and oxygen atoms in total. The molecule has 0 saturated heterocycles. The predicted octanol–water partition coefficient (Wildman–Crippen LogP) is 6.95. The van der Waals surface area contributed by atoms with Gasteiger partial charge in [0.15, 0.2) is 5.75 Å². The molecule has 3 aromatic carbocycles. The van der Waals surface area contributed by atoms with Crippen LogP contribution in [0.25, 0.3) is 16.6 Å². The largest absolute Gasteiger partial charge is 0.455 e. The molecule has 6 heteroatoms. The van der Waals surface area contributed by atoms with Gasteiger partial charge in [-0.1, -0.05) is 18.2 Å². The van der Waals surface area contributed by atoms with Crippen molar-refractivity contribution >= 4 is 65.4 Å². The fraction of sp³-hybridized carbons (Fsp3) is 0. The summed E-state index contributed by atoms with van der Waals surface area (Å²) >= 11 is 9.40. The molecule has 124 valence electrons. The Labute approximate surface area is 175 Å². The van der Waals surface area contributed by atoms with Crippen molar-refractivity contribution in [1.29, 1.82) is 0 Å². The molecule has 0 fully saturated rings. The van der Waals surface area contributed by atoms with Gasteiger partial charge in [-0.3, -0.25) is 0 Å². The molecule has 0 radical (unpaired) electrons. The highest BCUT2D eigenvalue weighted by molar-refractivity contribution is 14.1. The topological polar surface area (TPSA) is 27.1 Å². The highest BCUT2D eigenvalue weighted by Gasteiger charge is 2.11. The van der Waals surface area contributed by atoms with Crippen molar-refractivity contribution in [2.45, 2.75) is 0 Å². The maximum atomic E-state index is 6.08. The molecule has 25 heavy (non-hydrogen) atoms. The third kappa shape index (κ3) is 3.61. The van der Waals surface area contributed by atoms with Gasteiger partial charge < -0.3 is 4.74 Å². The van der Waals surface area contributed by atoms with E-state index in [0.29, 0.717) is 0 Å². The lowest BCUT2D eigenvalue weighted by Crippen LogP contribution is -1.92. The summed E-state index contributed by atoms with van der Waals surface area (Å²) in [5.74, 6) is 1.53. The molecule has 0 aliphatic rings. The van der Waals surface area contributed by atoms with Crippen LogP contribution in [0.2, 0.25) is 0 Å². The minimum Gasteiger partial charge on any atom is -0.455 e. The fourth-order valence-electron chi connectivity index (χ4n) is 2.52. The molecule has 0 aliphatic heterocycles. The summed E-state index contributed by atoms with van der Waals surface area (Å²) in [7, 11) is 0. The van der Waals surface area contributed by atoms with Crippen molar-refractivity contribution in [1.82, 2.24) is 9.78 Å². The van der Waals surface area contributed by atoms with E-state index in [1.54, 1.807) is 0 Å². The maximum absolute atomic E-state index is 6.08. The Morgan fingerprint density at radius 1 is 0.920 bits per heavy atom. The molecule has 0 bridgehead atoms. The van der Waals surface area contributed by atoms with Crippen LogP contribution in [0.4, 0.5) is 0 Å². The van der Waals surface area contributed by atoms with E-state index < -0.39 is 0 Å². The van der Waals surface area contributed by atoms with E-state index in [1.165, 1.54) is 0 Å². The third-order valence-corrected chi connectivity index (χ3v) is 5.48. The fourth-order valence-corrected chi connectivity index (χ4v) is 5.35. The Hall–Kier alpha value is -1.38. The first kappa shape index (κ1) is 17.1. The first-order chi connectivity index (χ1) is 12.1. The van der Waals surface area contributed by atoms with E-state index in [2.05, 4.69) is 59.5 Å². The molecule has 0 aliphatic carbocycles. The van der Waals surface area contributed by atoms with Gasteiger partial charge in [0.05, 0.1) is 20.1 Å². The van der Waals surface area contributed by atoms with Crippen molar-refractivity contribution in [2.75, 3.05) is 0 Å². The zero-order chi connectivity index (χ0) is 17.4. The molecular weight excluding hydrogens is 559 g/mol. The minimum absolute atomic E-state index is 0.759. The number of nitrogens with zero attached hydrogens (tertiary/aromatic N) is 2. The molecule has 1 aromatic heterocycles. The van der Waals surface area contributed by atoms with Crippen LogP contribution >= 0.6 is 54.5 Å². The second-order valence-electron chi connectivity index (χ2n) is 5.43. The van der Waals surface area contributed by atoms with Gasteiger partial charge in [0.1, 0.15) is 5.75 Å². The Balaban J connectivity index is 1.70. The van der Waals surface area contributed by atoms with Gasteiger partial charge in [-0.2, -0.15) is 5.10 Å². The van der Waals surface area contributed by atoms with E-state index in [4.69, 9.17) is 4.74 Å². The first-order valence-electron chi connectivity index (χ1n) is 7.47. The summed E-state index contributed by atoms with van der Waals surface area (Å²) in [5, 5.41) is 5.65. The van der Waals surface area contributed by atoms with Gasteiger partial charge in [-0.15, -0.1) is 0 Å². The molecule has 4 rings (SSSR count). The number of halogens is 3. The highest BCUT2D eigenvalue weighted by atomic mass is 127. The number of hydrogen-bond donors (Lipinski definition) is 0. The van der Waals surface area contributed by atoms with E-state index in [1.807, 2.05) is 71.5 Å². The molecule has 0 unspecified atom stereocenters. The quantitative estimate of drug-likeness (QED) is 0.250. The van der Waals surface area contributed by atoms with Crippen LogP contribution < -0.4 is 4.74 Å². The van der Waals surface area contributed by atoms with Crippen molar-refractivity contribution in [3.63, 3.8) is 0 Å². The van der Waals surface area contributed by atoms with Gasteiger partial charge in [0.25, 0.3) is 0 Å². The Kier molecular flexibility index (Phi) is 4.84. The molecule has 0 N–H and O–H groups in total. The van der Waals surface area contributed by atoms with Crippen LogP contribution in [0.1, 0.15) is 0 Å². The predicted molar refractivity (Wildman–Crippen MR) is 116 cm³/mol. The lowest BCUT2D eigenvalue weighted by atomic mass is 10.2. The summed E-state index contributed by atoms with van der Waals surface area (Å²) in [6, 6.07) is 20.0. The highest BCUT2D eigenvalue weighted by Crippen LogP contribution is 2.38. The normalized spacial score (nSPS) is 11.0. The van der Waals surface area contributed by atoms with Crippen LogP contribution in [-0.2, 0) is 0 Å². The molecule has 0 spiro atoms. The summed E-state index contributed by atoms with van der Waals surface area (Å²) in [5.41, 5.74) is 1.96. The number of rotatable bonds is 3. The minimum atomic E-state index is 0.759. The Bertz CT molecular complexity index is 1040. The number of fused-ring (bicyclic) bond motifs is 1. The average Bonchev–Trinajstić information content (AvgIpc) is 3.02. The van der Waals surface area contributed by atoms with Gasteiger partial charge in [0, 0.05) is 15.2 Å². The molecule has 0 saturated carbocycles. The summed E-state index contributed by atoms with van der Waals surface area (Å²) in [6.45, 7) is 0. The number of ether oxygens (including phenoxy) is 1. The number of hydrogen-bond acceptors (Lipinski definition) is 2. The molecule has 4 aromatic rings. The van der Waals surface area contributed by atoms with Crippen molar-refractivity contribution in [3.8, 4) is 17.2 Å². The maximum Gasteiger partial charge on any atom is 0.155 e. The summed E-state index contributed by atoms with van der Waals surface area (Å²) < 4.78 is 10.9. The Morgan fingerprint density at radius 3 is 2.36 bits per heavy atom. The van der Waals surface area contributed by atoms with Gasteiger partial charge in [0.2, 0.25) is 0 Å². The van der Waals surface area contributed by atoms with Gasteiger partial charge in [-0.25, -0.2) is 4.68 Å². The molecule has 0 atom stereocenters. The van der Waals surface area contributed by atoms with E-state index in [9.17, 15) is 0 Å². The second kappa shape index (κ2) is 7.09. The first-order valence-corrected chi connectivity index (χ1v) is 10.1. The van der Waals surface area contributed by atoms with Crippen LogP contribution in [0.3, 0.4) is 0 Å². The number of aromatic nitrogens is 2. The number of para-hydroxylation sites is 1.